The van der Waals surface area contributed by atoms with Crippen LogP contribution in [0.1, 0.15) is 33.4 Å². The van der Waals surface area contributed by atoms with Gasteiger partial charge in [-0.1, -0.05) is 12.1 Å². The van der Waals surface area contributed by atoms with Gasteiger partial charge in [-0.3, -0.25) is 4.79 Å². The van der Waals surface area contributed by atoms with Crippen molar-refractivity contribution in [3.8, 4) is 17.1 Å². The quantitative estimate of drug-likeness (QED) is 0.481. The zero-order valence-corrected chi connectivity index (χ0v) is 15.1. The summed E-state index contributed by atoms with van der Waals surface area (Å²) in [6, 6.07) is 16.5. The summed E-state index contributed by atoms with van der Waals surface area (Å²) in [5, 5.41) is 13.0. The fraction of sp³-hybridized carbons (Fsp3) is 0.0952. The highest BCUT2D eigenvalue weighted by atomic mass is 16.5. The Morgan fingerprint density at radius 3 is 2.61 bits per heavy atom. The van der Waals surface area contributed by atoms with E-state index < -0.39 is 5.97 Å². The SMILES string of the molecule is CCOc1ccc(C(=O)N/N=C\c2ccc(-c3cccc(C(=O)O)c3)o2)cc1. The van der Waals surface area contributed by atoms with Gasteiger partial charge >= 0.3 is 5.97 Å². The number of aromatic carboxylic acids is 1. The second-order valence-corrected chi connectivity index (χ2v) is 5.74. The number of nitrogens with one attached hydrogen (secondary N) is 1. The number of carbonyl (C=O) groups excluding carboxylic acids is 1. The van der Waals surface area contributed by atoms with Crippen LogP contribution in [0.3, 0.4) is 0 Å². The molecule has 0 aliphatic carbocycles. The smallest absolute Gasteiger partial charge is 0.335 e. The highest BCUT2D eigenvalue weighted by Crippen LogP contribution is 2.22. The van der Waals surface area contributed by atoms with Crippen LogP contribution in [-0.4, -0.2) is 29.8 Å². The number of carbonyl (C=O) groups is 2. The summed E-state index contributed by atoms with van der Waals surface area (Å²) in [6.45, 7) is 2.44. The van der Waals surface area contributed by atoms with E-state index in [1.807, 2.05) is 6.92 Å². The van der Waals surface area contributed by atoms with E-state index in [1.54, 1.807) is 48.5 Å². The van der Waals surface area contributed by atoms with Gasteiger partial charge in [-0.25, -0.2) is 10.2 Å². The molecule has 0 atom stereocenters. The number of carboxylic acid groups (broad SMARTS) is 1. The second kappa shape index (κ2) is 8.68. The zero-order chi connectivity index (χ0) is 19.9. The third-order valence-corrected chi connectivity index (χ3v) is 3.81. The van der Waals surface area contributed by atoms with Crippen LogP contribution in [0.5, 0.6) is 5.75 Å². The van der Waals surface area contributed by atoms with Crippen LogP contribution in [0, 0.1) is 0 Å². The van der Waals surface area contributed by atoms with Crippen LogP contribution in [0.2, 0.25) is 0 Å². The lowest BCUT2D eigenvalue weighted by Gasteiger charge is -2.03. The van der Waals surface area contributed by atoms with Gasteiger partial charge in [-0.15, -0.1) is 0 Å². The van der Waals surface area contributed by atoms with Crippen molar-refractivity contribution in [2.24, 2.45) is 5.10 Å². The number of furan rings is 1. The van der Waals surface area contributed by atoms with Crippen molar-refractivity contribution < 1.29 is 23.8 Å². The maximum Gasteiger partial charge on any atom is 0.335 e. The molecule has 2 aromatic carbocycles. The summed E-state index contributed by atoms with van der Waals surface area (Å²) in [5.41, 5.74) is 3.68. The van der Waals surface area contributed by atoms with E-state index in [2.05, 4.69) is 10.5 Å². The van der Waals surface area contributed by atoms with Gasteiger partial charge in [-0.05, 0) is 55.5 Å². The van der Waals surface area contributed by atoms with E-state index >= 15 is 0 Å². The number of amides is 1. The van der Waals surface area contributed by atoms with Gasteiger partial charge < -0.3 is 14.3 Å². The molecule has 142 valence electrons. The molecular weight excluding hydrogens is 360 g/mol. The third kappa shape index (κ3) is 4.64. The number of hydrogen-bond donors (Lipinski definition) is 2. The Bertz CT molecular complexity index is 1010. The summed E-state index contributed by atoms with van der Waals surface area (Å²) < 4.78 is 11.0. The van der Waals surface area contributed by atoms with Crippen LogP contribution >= 0.6 is 0 Å². The highest BCUT2D eigenvalue weighted by Gasteiger charge is 2.08. The maximum atomic E-state index is 12.1. The molecule has 7 heteroatoms. The summed E-state index contributed by atoms with van der Waals surface area (Å²) >= 11 is 0. The predicted molar refractivity (Wildman–Crippen MR) is 104 cm³/mol. The van der Waals surface area contributed by atoms with E-state index in [4.69, 9.17) is 14.3 Å². The predicted octanol–water partition coefficient (Wildman–Crippen LogP) is 3.81. The molecule has 28 heavy (non-hydrogen) atoms. The normalized spacial score (nSPS) is 10.8. The molecule has 0 saturated heterocycles. The van der Waals surface area contributed by atoms with E-state index in [9.17, 15) is 9.59 Å². The lowest BCUT2D eigenvalue weighted by molar-refractivity contribution is 0.0696. The van der Waals surface area contributed by atoms with Gasteiger partial charge in [0.25, 0.3) is 5.91 Å². The zero-order valence-electron chi connectivity index (χ0n) is 15.1. The van der Waals surface area contributed by atoms with Crippen LogP contribution in [0.4, 0.5) is 0 Å². The molecule has 0 spiro atoms. The summed E-state index contributed by atoms with van der Waals surface area (Å²) in [6.07, 6.45) is 1.37. The van der Waals surface area contributed by atoms with Gasteiger partial charge in [0.15, 0.2) is 0 Å². The Morgan fingerprint density at radius 1 is 1.11 bits per heavy atom. The standard InChI is InChI=1S/C21H18N2O5/c1-2-27-17-8-6-14(7-9-17)20(24)23-22-13-18-10-11-19(28-18)15-4-3-5-16(12-15)21(25)26/h3-13H,2H2,1H3,(H,23,24)(H,25,26)/b22-13-. The van der Waals surface area contributed by atoms with Crippen molar-refractivity contribution in [3.63, 3.8) is 0 Å². The van der Waals surface area contributed by atoms with Crippen molar-refractivity contribution in [1.29, 1.82) is 0 Å². The van der Waals surface area contributed by atoms with Gasteiger partial charge in [-0.2, -0.15) is 5.10 Å². The average Bonchev–Trinajstić information content (AvgIpc) is 3.18. The number of rotatable bonds is 7. The lowest BCUT2D eigenvalue weighted by Crippen LogP contribution is -2.17. The first-order valence-corrected chi connectivity index (χ1v) is 8.56. The Hall–Kier alpha value is -3.87. The van der Waals surface area contributed by atoms with Gasteiger partial charge in [0.05, 0.1) is 18.4 Å². The monoisotopic (exact) mass is 378 g/mol. The van der Waals surface area contributed by atoms with Crippen LogP contribution in [0.25, 0.3) is 11.3 Å². The van der Waals surface area contributed by atoms with E-state index in [1.165, 1.54) is 18.3 Å². The fourth-order valence-corrected chi connectivity index (χ4v) is 2.47. The average molecular weight is 378 g/mol. The summed E-state index contributed by atoms with van der Waals surface area (Å²) in [7, 11) is 0. The minimum Gasteiger partial charge on any atom is -0.494 e. The molecule has 0 saturated carbocycles. The Balaban J connectivity index is 1.63. The summed E-state index contributed by atoms with van der Waals surface area (Å²) in [4.78, 5) is 23.1. The molecule has 0 aliphatic heterocycles. The minimum absolute atomic E-state index is 0.173. The van der Waals surface area contributed by atoms with E-state index in [0.717, 1.165) is 0 Å². The van der Waals surface area contributed by atoms with Gasteiger partial charge in [0.1, 0.15) is 17.3 Å². The Kier molecular flexibility index (Phi) is 5.86. The lowest BCUT2D eigenvalue weighted by atomic mass is 10.1. The molecule has 0 bridgehead atoms. The molecule has 3 rings (SSSR count). The largest absolute Gasteiger partial charge is 0.494 e. The minimum atomic E-state index is -1.01. The molecule has 2 N–H and O–H groups in total. The highest BCUT2D eigenvalue weighted by molar-refractivity contribution is 5.94. The van der Waals surface area contributed by atoms with Crippen molar-refractivity contribution in [2.45, 2.75) is 6.92 Å². The molecule has 1 heterocycles. The number of benzene rings is 2. The van der Waals surface area contributed by atoms with E-state index in [0.29, 0.717) is 35.0 Å². The topological polar surface area (TPSA) is 101 Å². The molecule has 0 radical (unpaired) electrons. The molecule has 0 unspecified atom stereocenters. The van der Waals surface area contributed by atoms with Crippen molar-refractivity contribution in [3.05, 3.63) is 77.6 Å². The summed E-state index contributed by atoms with van der Waals surface area (Å²) in [5.74, 6) is 0.246. The molecule has 3 aromatic rings. The molecule has 1 amide bonds. The van der Waals surface area contributed by atoms with Crippen molar-refractivity contribution in [1.82, 2.24) is 5.43 Å². The number of ether oxygens (including phenoxy) is 1. The first kappa shape index (κ1) is 18.9. The molecule has 7 nitrogen and oxygen atoms in total. The second-order valence-electron chi connectivity index (χ2n) is 5.74. The number of carboxylic acids is 1. The molecule has 0 aliphatic rings. The van der Waals surface area contributed by atoms with Gasteiger partial charge in [0, 0.05) is 11.1 Å². The molecule has 1 aromatic heterocycles. The number of hydrogen-bond acceptors (Lipinski definition) is 5. The number of nitrogens with zero attached hydrogens (tertiary/aromatic N) is 1. The van der Waals surface area contributed by atoms with Crippen molar-refractivity contribution >= 4 is 18.1 Å². The van der Waals surface area contributed by atoms with Crippen LogP contribution in [-0.2, 0) is 0 Å². The number of hydrazone groups is 1. The third-order valence-electron chi connectivity index (χ3n) is 3.81. The Morgan fingerprint density at radius 2 is 1.89 bits per heavy atom. The van der Waals surface area contributed by atoms with Crippen LogP contribution < -0.4 is 10.2 Å². The first-order valence-electron chi connectivity index (χ1n) is 8.56. The fourth-order valence-electron chi connectivity index (χ4n) is 2.47. The first-order chi connectivity index (χ1) is 13.6. The van der Waals surface area contributed by atoms with Gasteiger partial charge in [0.2, 0.25) is 0 Å². The van der Waals surface area contributed by atoms with E-state index in [-0.39, 0.29) is 11.5 Å². The maximum absolute atomic E-state index is 12.1. The van der Waals surface area contributed by atoms with Crippen LogP contribution in [0.15, 0.2) is 70.2 Å². The van der Waals surface area contributed by atoms with Crippen molar-refractivity contribution in [2.75, 3.05) is 6.61 Å². The molecule has 0 fully saturated rings. The Labute approximate surface area is 161 Å². The molecular formula is C21H18N2O5.